The molecule has 168 valence electrons. The van der Waals surface area contributed by atoms with Crippen LogP contribution in [0.1, 0.15) is 25.0 Å². The lowest BCUT2D eigenvalue weighted by atomic mass is 9.76. The molecule has 6 rings (SSSR count). The van der Waals surface area contributed by atoms with E-state index in [1.807, 2.05) is 62.5 Å². The number of carbonyl (C=O) groups excluding carboxylic acids is 3. The summed E-state index contributed by atoms with van der Waals surface area (Å²) in [5, 5.41) is 4.64. The number of para-hydroxylation sites is 2. The van der Waals surface area contributed by atoms with Crippen LogP contribution in [0.3, 0.4) is 0 Å². The Balaban J connectivity index is 1.51. The fourth-order valence-electron chi connectivity index (χ4n) is 6.30. The summed E-state index contributed by atoms with van der Waals surface area (Å²) in [4.78, 5) is 47.4. The number of likely N-dealkylation sites (N-methyl/N-ethyl adjacent to an activating group) is 1. The average molecular weight is 443 g/mol. The van der Waals surface area contributed by atoms with Crippen LogP contribution in [0.2, 0.25) is 0 Å². The number of nitrogens with zero attached hydrogens (tertiary/aromatic N) is 2. The van der Waals surface area contributed by atoms with Crippen LogP contribution in [0.5, 0.6) is 0 Å². The van der Waals surface area contributed by atoms with E-state index in [0.717, 1.165) is 27.7 Å². The topological polar surface area (TPSA) is 85.5 Å². The third-order valence-corrected chi connectivity index (χ3v) is 7.66. The fourth-order valence-corrected chi connectivity index (χ4v) is 6.30. The minimum absolute atomic E-state index is 0.174. The van der Waals surface area contributed by atoms with Gasteiger partial charge >= 0.3 is 0 Å². The van der Waals surface area contributed by atoms with Gasteiger partial charge < -0.3 is 9.88 Å². The summed E-state index contributed by atoms with van der Waals surface area (Å²) in [5.41, 5.74) is 2.42. The molecular weight excluding hydrogens is 416 g/mol. The summed E-state index contributed by atoms with van der Waals surface area (Å²) < 4.78 is 0. The number of rotatable bonds is 3. The molecule has 0 bridgehead atoms. The van der Waals surface area contributed by atoms with Crippen molar-refractivity contribution in [3.8, 4) is 0 Å². The number of carbonyl (C=O) groups is 3. The molecule has 2 aromatic carbocycles. The van der Waals surface area contributed by atoms with Crippen molar-refractivity contribution < 1.29 is 14.4 Å². The van der Waals surface area contributed by atoms with E-state index in [9.17, 15) is 14.4 Å². The molecule has 2 N–H and O–H groups in total. The van der Waals surface area contributed by atoms with Crippen LogP contribution >= 0.6 is 0 Å². The molecule has 7 heteroatoms. The number of hydrogen-bond donors (Lipinski definition) is 2. The molecule has 2 saturated heterocycles. The molecule has 4 heterocycles. The first kappa shape index (κ1) is 20.2. The Labute approximate surface area is 191 Å². The molecule has 33 heavy (non-hydrogen) atoms. The van der Waals surface area contributed by atoms with E-state index in [4.69, 9.17) is 0 Å². The zero-order chi connectivity index (χ0) is 23.1. The molecular formula is C26H26N4O3. The highest BCUT2D eigenvalue weighted by molar-refractivity contribution is 6.16. The number of aromatic nitrogens is 1. The van der Waals surface area contributed by atoms with Gasteiger partial charge in [0.05, 0.1) is 11.8 Å². The van der Waals surface area contributed by atoms with Crippen molar-refractivity contribution in [2.24, 2.45) is 11.8 Å². The number of likely N-dealkylation sites (tertiary alicyclic amines) is 1. The lowest BCUT2D eigenvalue weighted by Gasteiger charge is -2.31. The summed E-state index contributed by atoms with van der Waals surface area (Å²) in [6.07, 6.45) is 2.50. The summed E-state index contributed by atoms with van der Waals surface area (Å²) in [7, 11) is 1.74. The van der Waals surface area contributed by atoms with Crippen LogP contribution in [0.15, 0.2) is 54.7 Å². The second-order valence-corrected chi connectivity index (χ2v) is 9.65. The van der Waals surface area contributed by atoms with Gasteiger partial charge in [-0.25, -0.2) is 0 Å². The second-order valence-electron chi connectivity index (χ2n) is 9.65. The monoisotopic (exact) mass is 442 g/mol. The molecule has 3 amide bonds. The lowest BCUT2D eigenvalue weighted by molar-refractivity contribution is -0.144. The highest BCUT2D eigenvalue weighted by Gasteiger charge is 2.71. The maximum atomic E-state index is 13.8. The summed E-state index contributed by atoms with van der Waals surface area (Å²) in [5.74, 6) is -1.98. The Morgan fingerprint density at radius 2 is 1.73 bits per heavy atom. The Morgan fingerprint density at radius 3 is 2.52 bits per heavy atom. The summed E-state index contributed by atoms with van der Waals surface area (Å²) in [6, 6.07) is 15.0. The second kappa shape index (κ2) is 6.78. The fraction of sp³-hybridized carbons (Fsp3) is 0.346. The first-order valence-electron chi connectivity index (χ1n) is 11.4. The van der Waals surface area contributed by atoms with Crippen molar-refractivity contribution in [3.63, 3.8) is 0 Å². The number of benzene rings is 2. The highest BCUT2D eigenvalue weighted by atomic mass is 16.2. The van der Waals surface area contributed by atoms with Crippen LogP contribution in [-0.4, -0.2) is 46.7 Å². The number of H-pyrrole nitrogens is 1. The molecule has 3 aliphatic heterocycles. The standard InChI is InChI=1S/C26H26N4O3/c1-14(2)30-23(31)21-19(12-15-13-27-18-10-6-4-8-16(15)18)28-26(22(21)24(30)32)17-9-5-7-11-20(17)29(3)25(26)33/h4-11,13-14,19,21-22,27-28H,12H2,1-3H3/t19-,21+,22-,26-/m0/s1. The largest absolute Gasteiger partial charge is 0.361 e. The number of aromatic amines is 1. The van der Waals surface area contributed by atoms with Gasteiger partial charge in [0, 0.05) is 47.5 Å². The van der Waals surface area contributed by atoms with Gasteiger partial charge in [-0.15, -0.1) is 0 Å². The number of nitrogens with one attached hydrogen (secondary N) is 2. The molecule has 0 saturated carbocycles. The Bertz CT molecular complexity index is 1330. The third kappa shape index (κ3) is 2.45. The van der Waals surface area contributed by atoms with Crippen LogP contribution in [0, 0.1) is 11.8 Å². The van der Waals surface area contributed by atoms with E-state index in [1.165, 1.54) is 4.90 Å². The van der Waals surface area contributed by atoms with Gasteiger partial charge in [-0.3, -0.25) is 24.6 Å². The predicted molar refractivity (Wildman–Crippen MR) is 124 cm³/mol. The zero-order valence-electron chi connectivity index (χ0n) is 18.8. The number of anilines is 1. The maximum Gasteiger partial charge on any atom is 0.252 e. The van der Waals surface area contributed by atoms with Crippen molar-refractivity contribution in [2.45, 2.75) is 37.9 Å². The van der Waals surface area contributed by atoms with E-state index in [0.29, 0.717) is 6.42 Å². The molecule has 3 aliphatic rings. The van der Waals surface area contributed by atoms with Gasteiger partial charge in [0.2, 0.25) is 11.8 Å². The van der Waals surface area contributed by atoms with E-state index in [1.54, 1.807) is 11.9 Å². The quantitative estimate of drug-likeness (QED) is 0.611. The first-order valence-corrected chi connectivity index (χ1v) is 11.4. The molecule has 4 atom stereocenters. The van der Waals surface area contributed by atoms with Crippen molar-refractivity contribution in [2.75, 3.05) is 11.9 Å². The van der Waals surface area contributed by atoms with E-state index in [-0.39, 0.29) is 29.8 Å². The van der Waals surface area contributed by atoms with Crippen LogP contribution in [0.25, 0.3) is 10.9 Å². The van der Waals surface area contributed by atoms with Gasteiger partial charge in [-0.1, -0.05) is 36.4 Å². The minimum Gasteiger partial charge on any atom is -0.361 e. The molecule has 2 fully saturated rings. The summed E-state index contributed by atoms with van der Waals surface area (Å²) >= 11 is 0. The number of hydrogen-bond acceptors (Lipinski definition) is 4. The predicted octanol–water partition coefficient (Wildman–Crippen LogP) is 2.56. The highest BCUT2D eigenvalue weighted by Crippen LogP contribution is 2.54. The molecule has 3 aromatic rings. The Hall–Kier alpha value is -3.45. The van der Waals surface area contributed by atoms with E-state index >= 15 is 0 Å². The van der Waals surface area contributed by atoms with Gasteiger partial charge in [-0.05, 0) is 38.0 Å². The van der Waals surface area contributed by atoms with Crippen molar-refractivity contribution >= 4 is 34.3 Å². The number of imide groups is 1. The molecule has 0 aliphatic carbocycles. The number of amides is 3. The normalized spacial score (nSPS) is 28.6. The zero-order valence-corrected chi connectivity index (χ0v) is 18.8. The Morgan fingerprint density at radius 1 is 1.00 bits per heavy atom. The first-order chi connectivity index (χ1) is 15.9. The van der Waals surface area contributed by atoms with E-state index < -0.39 is 17.4 Å². The average Bonchev–Trinajstić information content (AvgIpc) is 3.49. The SMILES string of the molecule is CC(C)N1C(=O)[C@@H]2[C@H](Cc3c[nH]c4ccccc34)N[C@]3(C(=O)N(C)c4ccccc43)[C@@H]2C1=O. The minimum atomic E-state index is -1.23. The van der Waals surface area contributed by atoms with Gasteiger partial charge in [0.15, 0.2) is 0 Å². The van der Waals surface area contributed by atoms with Gasteiger partial charge in [0.25, 0.3) is 5.91 Å². The molecule has 0 radical (unpaired) electrons. The van der Waals surface area contributed by atoms with Crippen molar-refractivity contribution in [1.82, 2.24) is 15.2 Å². The maximum absolute atomic E-state index is 13.8. The molecule has 7 nitrogen and oxygen atoms in total. The van der Waals surface area contributed by atoms with E-state index in [2.05, 4.69) is 16.4 Å². The van der Waals surface area contributed by atoms with Crippen molar-refractivity contribution in [3.05, 3.63) is 65.9 Å². The number of fused-ring (bicyclic) bond motifs is 5. The van der Waals surface area contributed by atoms with Crippen LogP contribution in [-0.2, 0) is 26.3 Å². The molecule has 1 aromatic heterocycles. The van der Waals surface area contributed by atoms with Crippen molar-refractivity contribution in [1.29, 1.82) is 0 Å². The smallest absolute Gasteiger partial charge is 0.252 e. The van der Waals surface area contributed by atoms with Crippen LogP contribution < -0.4 is 10.2 Å². The van der Waals surface area contributed by atoms with Crippen LogP contribution in [0.4, 0.5) is 5.69 Å². The van der Waals surface area contributed by atoms with Gasteiger partial charge in [0.1, 0.15) is 5.54 Å². The Kier molecular flexibility index (Phi) is 4.14. The third-order valence-electron chi connectivity index (χ3n) is 7.66. The summed E-state index contributed by atoms with van der Waals surface area (Å²) in [6.45, 7) is 3.70. The molecule has 1 spiro atoms. The van der Waals surface area contributed by atoms with Gasteiger partial charge in [-0.2, -0.15) is 0 Å². The lowest BCUT2D eigenvalue weighted by Crippen LogP contribution is -2.55. The molecule has 0 unspecified atom stereocenters.